The molecule has 0 unspecified atom stereocenters. The van der Waals surface area contributed by atoms with Gasteiger partial charge in [0, 0.05) is 75.1 Å². The number of carbonyl (C=O) groups excluding carboxylic acids is 3. The van der Waals surface area contributed by atoms with E-state index in [4.69, 9.17) is 4.74 Å². The predicted octanol–water partition coefficient (Wildman–Crippen LogP) is 4.54. The molecule has 3 aliphatic rings. The van der Waals surface area contributed by atoms with Crippen molar-refractivity contribution in [3.8, 4) is 5.75 Å². The summed E-state index contributed by atoms with van der Waals surface area (Å²) in [6.07, 6.45) is 3.85. The van der Waals surface area contributed by atoms with Gasteiger partial charge in [0.05, 0.1) is 13.2 Å². The molecule has 2 saturated heterocycles. The van der Waals surface area contributed by atoms with Crippen LogP contribution in [-0.2, 0) is 11.2 Å². The number of Topliss-reactive ketones (excluding diaryl/α,β-unsaturated/α-hetero) is 1. The fourth-order valence-electron chi connectivity index (χ4n) is 6.63. The molecule has 2 fully saturated rings. The van der Waals surface area contributed by atoms with Gasteiger partial charge in [-0.2, -0.15) is 0 Å². The number of ether oxygens (including phenoxy) is 1. The SMILES string of the molecule is O=C(CN1CCN(CCCOc2ccc(C(=O)N3CCC(N4C(=O)CCc5ccccc54)CC3)cc2)CC1)c1ccccc1. The third kappa shape index (κ3) is 7.20. The van der Waals surface area contributed by atoms with Crippen LogP contribution < -0.4 is 9.64 Å². The summed E-state index contributed by atoms with van der Waals surface area (Å²) in [5.74, 6) is 1.18. The van der Waals surface area contributed by atoms with Crippen LogP contribution in [0, 0.1) is 0 Å². The molecule has 0 radical (unpaired) electrons. The first kappa shape index (κ1) is 30.0. The van der Waals surface area contributed by atoms with E-state index in [1.165, 1.54) is 5.56 Å². The maximum atomic E-state index is 13.2. The molecular formula is C36H42N4O4. The van der Waals surface area contributed by atoms with Crippen molar-refractivity contribution in [2.75, 3.05) is 63.9 Å². The highest BCUT2D eigenvalue weighted by Crippen LogP contribution is 2.32. The first-order valence-corrected chi connectivity index (χ1v) is 16.0. The quantitative estimate of drug-likeness (QED) is 0.254. The van der Waals surface area contributed by atoms with Gasteiger partial charge in [0.25, 0.3) is 5.91 Å². The van der Waals surface area contributed by atoms with Crippen LogP contribution in [-0.4, -0.2) is 97.3 Å². The smallest absolute Gasteiger partial charge is 0.253 e. The Morgan fingerprint density at radius 1 is 0.727 bits per heavy atom. The Morgan fingerprint density at radius 2 is 1.41 bits per heavy atom. The summed E-state index contributed by atoms with van der Waals surface area (Å²) in [5.41, 5.74) is 3.72. The summed E-state index contributed by atoms with van der Waals surface area (Å²) in [6, 6.07) is 25.3. The van der Waals surface area contributed by atoms with Crippen molar-refractivity contribution in [2.24, 2.45) is 0 Å². The summed E-state index contributed by atoms with van der Waals surface area (Å²) in [7, 11) is 0. The Labute approximate surface area is 260 Å². The molecule has 8 nitrogen and oxygen atoms in total. The molecule has 3 aromatic carbocycles. The first-order valence-electron chi connectivity index (χ1n) is 16.0. The number of aryl methyl sites for hydroxylation is 1. The Hall–Kier alpha value is -4.01. The van der Waals surface area contributed by atoms with Crippen molar-refractivity contribution >= 4 is 23.3 Å². The van der Waals surface area contributed by atoms with E-state index in [-0.39, 0.29) is 23.6 Å². The average Bonchev–Trinajstić information content (AvgIpc) is 3.08. The van der Waals surface area contributed by atoms with Crippen LogP contribution in [0.15, 0.2) is 78.9 Å². The van der Waals surface area contributed by atoms with E-state index in [9.17, 15) is 14.4 Å². The minimum Gasteiger partial charge on any atom is -0.494 e. The molecule has 0 aromatic heterocycles. The highest BCUT2D eigenvalue weighted by Gasteiger charge is 2.33. The van der Waals surface area contributed by atoms with Gasteiger partial charge in [0.1, 0.15) is 5.75 Å². The molecule has 0 aliphatic carbocycles. The molecule has 0 atom stereocenters. The molecule has 3 aromatic rings. The molecule has 44 heavy (non-hydrogen) atoms. The molecule has 3 heterocycles. The van der Waals surface area contributed by atoms with Gasteiger partial charge < -0.3 is 19.4 Å². The van der Waals surface area contributed by atoms with Crippen LogP contribution in [0.4, 0.5) is 5.69 Å². The first-order chi connectivity index (χ1) is 21.5. The molecule has 0 N–H and O–H groups in total. The van der Waals surface area contributed by atoms with Crippen LogP contribution >= 0.6 is 0 Å². The highest BCUT2D eigenvalue weighted by atomic mass is 16.5. The lowest BCUT2D eigenvalue weighted by atomic mass is 9.95. The lowest BCUT2D eigenvalue weighted by Gasteiger charge is -2.41. The second-order valence-corrected chi connectivity index (χ2v) is 12.0. The number of anilines is 1. The number of piperidine rings is 1. The maximum absolute atomic E-state index is 13.2. The number of piperazine rings is 1. The lowest BCUT2D eigenvalue weighted by molar-refractivity contribution is -0.119. The van der Waals surface area contributed by atoms with Crippen molar-refractivity contribution in [3.05, 3.63) is 95.6 Å². The minimum absolute atomic E-state index is 0.0324. The molecule has 0 bridgehead atoms. The summed E-state index contributed by atoms with van der Waals surface area (Å²) >= 11 is 0. The number of likely N-dealkylation sites (tertiary alicyclic amines) is 1. The average molecular weight is 595 g/mol. The van der Waals surface area contributed by atoms with Crippen LogP contribution in [0.25, 0.3) is 0 Å². The molecule has 0 saturated carbocycles. The minimum atomic E-state index is 0.0324. The lowest BCUT2D eigenvalue weighted by Crippen LogP contribution is -2.50. The molecule has 2 amide bonds. The predicted molar refractivity (Wildman–Crippen MR) is 171 cm³/mol. The van der Waals surface area contributed by atoms with E-state index in [2.05, 4.69) is 15.9 Å². The van der Waals surface area contributed by atoms with Crippen LogP contribution in [0.2, 0.25) is 0 Å². The molecule has 230 valence electrons. The van der Waals surface area contributed by atoms with Crippen molar-refractivity contribution in [3.63, 3.8) is 0 Å². The van der Waals surface area contributed by atoms with Crippen LogP contribution in [0.5, 0.6) is 5.75 Å². The van der Waals surface area contributed by atoms with Gasteiger partial charge in [-0.25, -0.2) is 0 Å². The zero-order valence-electron chi connectivity index (χ0n) is 25.4. The Morgan fingerprint density at radius 3 is 2.16 bits per heavy atom. The maximum Gasteiger partial charge on any atom is 0.253 e. The normalized spacial score (nSPS) is 18.2. The Bertz CT molecular complexity index is 1430. The summed E-state index contributed by atoms with van der Waals surface area (Å²) < 4.78 is 5.98. The molecule has 0 spiro atoms. The van der Waals surface area contributed by atoms with Gasteiger partial charge in [-0.15, -0.1) is 0 Å². The molecular weight excluding hydrogens is 552 g/mol. The van der Waals surface area contributed by atoms with Gasteiger partial charge >= 0.3 is 0 Å². The zero-order valence-corrected chi connectivity index (χ0v) is 25.4. The largest absolute Gasteiger partial charge is 0.494 e. The number of rotatable bonds is 10. The Balaban J connectivity index is 0.893. The third-order valence-electron chi connectivity index (χ3n) is 9.16. The van der Waals surface area contributed by atoms with Crippen molar-refractivity contribution in [2.45, 2.75) is 38.1 Å². The third-order valence-corrected chi connectivity index (χ3v) is 9.16. The number of hydrogen-bond acceptors (Lipinski definition) is 6. The summed E-state index contributed by atoms with van der Waals surface area (Å²) in [4.78, 5) is 47.1. The number of fused-ring (bicyclic) bond motifs is 1. The van der Waals surface area contributed by atoms with E-state index in [0.29, 0.717) is 38.2 Å². The number of amides is 2. The van der Waals surface area contributed by atoms with Crippen LogP contribution in [0.3, 0.4) is 0 Å². The van der Waals surface area contributed by atoms with Gasteiger partial charge in [0.15, 0.2) is 5.78 Å². The molecule has 6 rings (SSSR count). The van der Waals surface area contributed by atoms with E-state index in [1.807, 2.05) is 82.6 Å². The van der Waals surface area contributed by atoms with Crippen LogP contribution in [0.1, 0.15) is 52.0 Å². The highest BCUT2D eigenvalue weighted by molar-refractivity contribution is 5.98. The summed E-state index contributed by atoms with van der Waals surface area (Å²) in [6.45, 7) is 7.06. The molecule has 8 heteroatoms. The van der Waals surface area contributed by atoms with E-state index >= 15 is 0 Å². The van der Waals surface area contributed by atoms with Gasteiger partial charge in [-0.05, 0) is 61.6 Å². The number of para-hydroxylation sites is 1. The van der Waals surface area contributed by atoms with Gasteiger partial charge in [0.2, 0.25) is 5.91 Å². The number of nitrogens with zero attached hydrogens (tertiary/aromatic N) is 4. The second-order valence-electron chi connectivity index (χ2n) is 12.0. The second kappa shape index (κ2) is 14.2. The number of ketones is 1. The van der Waals surface area contributed by atoms with Crippen molar-refractivity contribution < 1.29 is 19.1 Å². The number of benzene rings is 3. The fourth-order valence-corrected chi connectivity index (χ4v) is 6.63. The monoisotopic (exact) mass is 594 g/mol. The number of carbonyl (C=O) groups is 3. The number of hydrogen-bond donors (Lipinski definition) is 0. The van der Waals surface area contributed by atoms with Crippen molar-refractivity contribution in [1.29, 1.82) is 0 Å². The fraction of sp³-hybridized carbons (Fsp3) is 0.417. The zero-order chi connectivity index (χ0) is 30.3. The molecule has 3 aliphatic heterocycles. The van der Waals surface area contributed by atoms with E-state index in [1.54, 1.807) is 0 Å². The standard InChI is InChI=1S/C36H42N4O4/c41-34(29-8-2-1-3-9-29)27-38-24-22-37(23-25-38)19-6-26-44-32-14-11-30(12-15-32)36(43)39-20-17-31(18-21-39)40-33-10-5-4-7-28(33)13-16-35(40)42/h1-5,7-12,14-15,31H,6,13,16-27H2. The van der Waals surface area contributed by atoms with Gasteiger partial charge in [-0.3, -0.25) is 19.3 Å². The summed E-state index contributed by atoms with van der Waals surface area (Å²) in [5, 5.41) is 0. The van der Waals surface area contributed by atoms with Crippen molar-refractivity contribution in [1.82, 2.24) is 14.7 Å². The van der Waals surface area contributed by atoms with E-state index < -0.39 is 0 Å². The van der Waals surface area contributed by atoms with Gasteiger partial charge in [-0.1, -0.05) is 48.5 Å². The van der Waals surface area contributed by atoms with E-state index in [0.717, 1.165) is 75.4 Å². The Kier molecular flexibility index (Phi) is 9.68. The topological polar surface area (TPSA) is 73.4 Å².